The number of nitrogens with zero attached hydrogens (tertiary/aromatic N) is 1. The SMILES string of the molecule is CC(C)(C)OC(=O)N1CC(NC(=O)c2ccc(Cl)s2)CC1CN. The van der Waals surface area contributed by atoms with E-state index in [0.29, 0.717) is 28.7 Å². The average Bonchev–Trinajstić information content (AvgIpc) is 3.03. The number of carbonyl (C=O) groups excluding carboxylic acids is 2. The van der Waals surface area contributed by atoms with E-state index in [4.69, 9.17) is 22.1 Å². The first-order valence-corrected chi connectivity index (χ1v) is 8.65. The average molecular weight is 360 g/mol. The fourth-order valence-corrected chi connectivity index (χ4v) is 3.43. The second-order valence-electron chi connectivity index (χ2n) is 6.53. The van der Waals surface area contributed by atoms with Gasteiger partial charge in [-0.25, -0.2) is 4.79 Å². The number of carbonyl (C=O) groups is 2. The summed E-state index contributed by atoms with van der Waals surface area (Å²) in [6.45, 7) is 6.17. The topological polar surface area (TPSA) is 84.7 Å². The van der Waals surface area contributed by atoms with Crippen molar-refractivity contribution in [3.63, 3.8) is 0 Å². The monoisotopic (exact) mass is 359 g/mol. The lowest BCUT2D eigenvalue weighted by Gasteiger charge is -2.27. The number of nitrogens with one attached hydrogen (secondary N) is 1. The van der Waals surface area contributed by atoms with Gasteiger partial charge in [0.15, 0.2) is 0 Å². The van der Waals surface area contributed by atoms with Crippen LogP contribution in [0.4, 0.5) is 4.79 Å². The molecule has 128 valence electrons. The molecule has 1 fully saturated rings. The Morgan fingerprint density at radius 1 is 1.48 bits per heavy atom. The quantitative estimate of drug-likeness (QED) is 0.868. The molecule has 23 heavy (non-hydrogen) atoms. The summed E-state index contributed by atoms with van der Waals surface area (Å²) < 4.78 is 5.96. The molecule has 0 saturated carbocycles. The molecular formula is C15H22ClN3O3S. The molecule has 0 aliphatic carbocycles. The first kappa shape index (κ1) is 18.0. The second-order valence-corrected chi connectivity index (χ2v) is 8.25. The van der Waals surface area contributed by atoms with Gasteiger partial charge in [-0.1, -0.05) is 11.6 Å². The third kappa shape index (κ3) is 4.83. The van der Waals surface area contributed by atoms with Crippen molar-refractivity contribution in [2.75, 3.05) is 13.1 Å². The van der Waals surface area contributed by atoms with Crippen LogP contribution in [-0.4, -0.2) is 47.7 Å². The summed E-state index contributed by atoms with van der Waals surface area (Å²) in [5.74, 6) is -0.186. The molecule has 2 heterocycles. The lowest BCUT2D eigenvalue weighted by molar-refractivity contribution is 0.0228. The molecule has 1 aromatic heterocycles. The van der Waals surface area contributed by atoms with Gasteiger partial charge in [0.2, 0.25) is 0 Å². The van der Waals surface area contributed by atoms with Crippen molar-refractivity contribution >= 4 is 34.9 Å². The number of amides is 2. The minimum atomic E-state index is -0.564. The Hall–Kier alpha value is -1.31. The fourth-order valence-electron chi connectivity index (χ4n) is 2.48. The predicted molar refractivity (Wildman–Crippen MR) is 91.0 cm³/mol. The maximum absolute atomic E-state index is 12.3. The number of thiophene rings is 1. The van der Waals surface area contributed by atoms with Crippen LogP contribution in [0.3, 0.4) is 0 Å². The van der Waals surface area contributed by atoms with Gasteiger partial charge in [0, 0.05) is 25.2 Å². The highest BCUT2D eigenvalue weighted by molar-refractivity contribution is 7.17. The van der Waals surface area contributed by atoms with Crippen LogP contribution in [0.2, 0.25) is 4.34 Å². The highest BCUT2D eigenvalue weighted by Crippen LogP contribution is 2.24. The second kappa shape index (κ2) is 7.07. The number of halogens is 1. The predicted octanol–water partition coefficient (Wildman–Crippen LogP) is 2.47. The Bertz CT molecular complexity index is 585. The van der Waals surface area contributed by atoms with Crippen molar-refractivity contribution in [2.24, 2.45) is 5.73 Å². The first-order valence-electron chi connectivity index (χ1n) is 7.45. The Balaban J connectivity index is 1.98. The van der Waals surface area contributed by atoms with Crippen LogP contribution in [0.1, 0.15) is 36.9 Å². The number of hydrogen-bond donors (Lipinski definition) is 2. The molecule has 0 radical (unpaired) electrons. The molecule has 1 aromatic rings. The summed E-state index contributed by atoms with van der Waals surface area (Å²) in [6, 6.07) is 3.08. The molecule has 0 spiro atoms. The highest BCUT2D eigenvalue weighted by Gasteiger charge is 2.37. The van der Waals surface area contributed by atoms with E-state index in [2.05, 4.69) is 5.32 Å². The van der Waals surface area contributed by atoms with Crippen LogP contribution >= 0.6 is 22.9 Å². The summed E-state index contributed by atoms with van der Waals surface area (Å²) >= 11 is 7.07. The van der Waals surface area contributed by atoms with Crippen LogP contribution in [0, 0.1) is 0 Å². The zero-order valence-electron chi connectivity index (χ0n) is 13.5. The molecule has 1 aliphatic rings. The van der Waals surface area contributed by atoms with Gasteiger partial charge in [-0.2, -0.15) is 0 Å². The van der Waals surface area contributed by atoms with Crippen molar-refractivity contribution in [1.82, 2.24) is 10.2 Å². The van der Waals surface area contributed by atoms with Crippen molar-refractivity contribution in [3.8, 4) is 0 Å². The molecule has 2 amide bonds. The molecule has 2 rings (SSSR count). The van der Waals surface area contributed by atoms with Crippen LogP contribution in [0.5, 0.6) is 0 Å². The van der Waals surface area contributed by atoms with E-state index in [1.807, 2.05) is 20.8 Å². The summed E-state index contributed by atoms with van der Waals surface area (Å²) in [4.78, 5) is 26.6. The largest absolute Gasteiger partial charge is 0.444 e. The molecule has 1 aliphatic heterocycles. The highest BCUT2D eigenvalue weighted by atomic mass is 35.5. The van der Waals surface area contributed by atoms with E-state index in [1.54, 1.807) is 17.0 Å². The van der Waals surface area contributed by atoms with Gasteiger partial charge in [-0.15, -0.1) is 11.3 Å². The fraction of sp³-hybridized carbons (Fsp3) is 0.600. The van der Waals surface area contributed by atoms with Gasteiger partial charge < -0.3 is 20.7 Å². The van der Waals surface area contributed by atoms with Gasteiger partial charge in [-0.3, -0.25) is 4.79 Å². The molecule has 3 N–H and O–H groups in total. The lowest BCUT2D eigenvalue weighted by atomic mass is 10.1. The molecule has 2 unspecified atom stereocenters. The Kier molecular flexibility index (Phi) is 5.54. The molecule has 0 bridgehead atoms. The van der Waals surface area contributed by atoms with E-state index in [1.165, 1.54) is 11.3 Å². The Morgan fingerprint density at radius 3 is 2.70 bits per heavy atom. The maximum Gasteiger partial charge on any atom is 0.410 e. The Labute approximate surface area is 144 Å². The van der Waals surface area contributed by atoms with E-state index < -0.39 is 11.7 Å². The van der Waals surface area contributed by atoms with E-state index >= 15 is 0 Å². The molecule has 8 heteroatoms. The van der Waals surface area contributed by atoms with Crippen LogP contribution in [0.25, 0.3) is 0 Å². The van der Waals surface area contributed by atoms with Gasteiger partial charge in [0.05, 0.1) is 9.21 Å². The Morgan fingerprint density at radius 2 is 2.17 bits per heavy atom. The minimum Gasteiger partial charge on any atom is -0.444 e. The molecular weight excluding hydrogens is 338 g/mol. The number of likely N-dealkylation sites (tertiary alicyclic amines) is 1. The zero-order chi connectivity index (χ0) is 17.2. The summed E-state index contributed by atoms with van der Waals surface area (Å²) in [5.41, 5.74) is 5.19. The van der Waals surface area contributed by atoms with Crippen molar-refractivity contribution in [3.05, 3.63) is 21.3 Å². The molecule has 1 saturated heterocycles. The van der Waals surface area contributed by atoms with Gasteiger partial charge in [-0.05, 0) is 39.3 Å². The van der Waals surface area contributed by atoms with Crippen LogP contribution in [0.15, 0.2) is 12.1 Å². The summed E-state index contributed by atoms with van der Waals surface area (Å²) in [7, 11) is 0. The lowest BCUT2D eigenvalue weighted by Crippen LogP contribution is -2.43. The third-order valence-electron chi connectivity index (χ3n) is 3.45. The van der Waals surface area contributed by atoms with Crippen molar-refractivity contribution < 1.29 is 14.3 Å². The standard InChI is InChI=1S/C15H22ClN3O3S/c1-15(2,3)22-14(21)19-8-9(6-10(19)7-17)18-13(20)11-4-5-12(16)23-11/h4-5,9-10H,6-8,17H2,1-3H3,(H,18,20). The minimum absolute atomic E-state index is 0.137. The van der Waals surface area contributed by atoms with E-state index in [9.17, 15) is 9.59 Å². The third-order valence-corrected chi connectivity index (χ3v) is 4.68. The van der Waals surface area contributed by atoms with Crippen molar-refractivity contribution in [1.29, 1.82) is 0 Å². The van der Waals surface area contributed by atoms with Gasteiger partial charge in [0.25, 0.3) is 5.91 Å². The first-order chi connectivity index (χ1) is 10.7. The molecule has 6 nitrogen and oxygen atoms in total. The smallest absolute Gasteiger partial charge is 0.410 e. The van der Waals surface area contributed by atoms with Crippen LogP contribution in [-0.2, 0) is 4.74 Å². The number of nitrogens with two attached hydrogens (primary N) is 1. The maximum atomic E-state index is 12.3. The summed E-state index contributed by atoms with van der Waals surface area (Å²) in [5, 5.41) is 2.93. The molecule has 2 atom stereocenters. The zero-order valence-corrected chi connectivity index (χ0v) is 15.0. The van der Waals surface area contributed by atoms with E-state index in [-0.39, 0.29) is 18.0 Å². The number of hydrogen-bond acceptors (Lipinski definition) is 5. The number of ether oxygens (including phenoxy) is 1. The van der Waals surface area contributed by atoms with Gasteiger partial charge >= 0.3 is 6.09 Å². The van der Waals surface area contributed by atoms with E-state index in [0.717, 1.165) is 0 Å². The molecule has 0 aromatic carbocycles. The van der Waals surface area contributed by atoms with Crippen LogP contribution < -0.4 is 11.1 Å². The number of rotatable bonds is 3. The normalized spacial score (nSPS) is 21.3. The summed E-state index contributed by atoms with van der Waals surface area (Å²) in [6.07, 6.45) is 0.212. The van der Waals surface area contributed by atoms with Crippen molar-refractivity contribution in [2.45, 2.75) is 44.9 Å². The van der Waals surface area contributed by atoms with Gasteiger partial charge in [0.1, 0.15) is 5.60 Å².